The van der Waals surface area contributed by atoms with Crippen molar-refractivity contribution in [2.24, 2.45) is 5.10 Å². The van der Waals surface area contributed by atoms with Crippen molar-refractivity contribution in [2.75, 3.05) is 28.4 Å². The van der Waals surface area contributed by atoms with Gasteiger partial charge in [-0.25, -0.2) is 10.4 Å². The van der Waals surface area contributed by atoms with Crippen molar-refractivity contribution in [3.05, 3.63) is 64.4 Å². The molecule has 10 heteroatoms. The summed E-state index contributed by atoms with van der Waals surface area (Å²) in [5.74, 6) is 1.07. The number of fused-ring (bicyclic) bond motifs is 1. The second kappa shape index (κ2) is 10.6. The molecule has 0 fully saturated rings. The lowest BCUT2D eigenvalue weighted by atomic mass is 10.1. The van der Waals surface area contributed by atoms with Crippen molar-refractivity contribution in [2.45, 2.75) is 13.5 Å². The van der Waals surface area contributed by atoms with Gasteiger partial charge in [-0.05, 0) is 42.8 Å². The van der Waals surface area contributed by atoms with E-state index in [4.69, 9.17) is 18.9 Å². The third kappa shape index (κ3) is 4.71. The Kier molecular flexibility index (Phi) is 7.33. The zero-order chi connectivity index (χ0) is 24.9. The fourth-order valence-electron chi connectivity index (χ4n) is 3.89. The summed E-state index contributed by atoms with van der Waals surface area (Å²) >= 11 is 1.31. The highest BCUT2D eigenvalue weighted by Crippen LogP contribution is 2.39. The van der Waals surface area contributed by atoms with Crippen LogP contribution in [0.5, 0.6) is 17.2 Å². The molecule has 9 nitrogen and oxygen atoms in total. The van der Waals surface area contributed by atoms with Crippen LogP contribution >= 0.6 is 11.3 Å². The number of thiophene rings is 1. The van der Waals surface area contributed by atoms with E-state index in [2.05, 4.69) is 15.5 Å². The van der Waals surface area contributed by atoms with Crippen molar-refractivity contribution in [1.29, 1.82) is 0 Å². The van der Waals surface area contributed by atoms with Crippen LogP contribution in [0.3, 0.4) is 0 Å². The zero-order valence-corrected chi connectivity index (χ0v) is 20.9. The van der Waals surface area contributed by atoms with E-state index in [0.29, 0.717) is 34.3 Å². The van der Waals surface area contributed by atoms with Crippen LogP contribution in [0.1, 0.15) is 26.5 Å². The van der Waals surface area contributed by atoms with Crippen molar-refractivity contribution in [3.8, 4) is 22.9 Å². The van der Waals surface area contributed by atoms with Crippen LogP contribution < -0.4 is 19.6 Å². The van der Waals surface area contributed by atoms with Gasteiger partial charge in [0.1, 0.15) is 9.71 Å². The Balaban J connectivity index is 1.72. The van der Waals surface area contributed by atoms with Gasteiger partial charge in [0, 0.05) is 36.1 Å². The van der Waals surface area contributed by atoms with E-state index >= 15 is 0 Å². The third-order valence-electron chi connectivity index (χ3n) is 5.32. The Morgan fingerprint density at radius 3 is 2.51 bits per heavy atom. The molecule has 0 unspecified atom stereocenters. The molecule has 3 aromatic heterocycles. The maximum atomic E-state index is 13.3. The third-order valence-corrected chi connectivity index (χ3v) is 6.39. The molecule has 0 saturated heterocycles. The molecule has 0 saturated carbocycles. The first-order valence-corrected chi connectivity index (χ1v) is 11.5. The number of nitrogens with one attached hydrogen (secondary N) is 1. The molecule has 1 aromatic carbocycles. The monoisotopic (exact) mass is 494 g/mol. The predicted molar refractivity (Wildman–Crippen MR) is 136 cm³/mol. The number of aryl methyl sites for hydroxylation is 1. The number of amides is 1. The maximum absolute atomic E-state index is 13.3. The predicted octanol–water partition coefficient (Wildman–Crippen LogP) is 4.33. The summed E-state index contributed by atoms with van der Waals surface area (Å²) in [6, 6.07) is 9.31. The summed E-state index contributed by atoms with van der Waals surface area (Å²) in [6.45, 7) is 2.33. The van der Waals surface area contributed by atoms with Gasteiger partial charge in [0.2, 0.25) is 5.75 Å². The van der Waals surface area contributed by atoms with Gasteiger partial charge in [-0.3, -0.25) is 4.79 Å². The summed E-state index contributed by atoms with van der Waals surface area (Å²) in [5, 5.41) is 5.06. The molecule has 182 valence electrons. The molecule has 0 aliphatic carbocycles. The average Bonchev–Trinajstić information content (AvgIpc) is 3.51. The molecule has 4 aromatic rings. The fourth-order valence-corrected chi connectivity index (χ4v) is 5.04. The lowest BCUT2D eigenvalue weighted by molar-refractivity contribution is 0.0959. The summed E-state index contributed by atoms with van der Waals surface area (Å²) < 4.78 is 23.5. The van der Waals surface area contributed by atoms with Crippen LogP contribution in [-0.2, 0) is 11.3 Å². The molecule has 0 radical (unpaired) electrons. The second-order valence-corrected chi connectivity index (χ2v) is 8.53. The Labute approximate surface area is 206 Å². The van der Waals surface area contributed by atoms with Gasteiger partial charge in [-0.15, -0.1) is 11.3 Å². The number of nitrogens with zero attached hydrogens (tertiary/aromatic N) is 3. The molecule has 0 bridgehead atoms. The van der Waals surface area contributed by atoms with Crippen molar-refractivity contribution in [1.82, 2.24) is 15.0 Å². The molecular weight excluding hydrogens is 468 g/mol. The van der Waals surface area contributed by atoms with Crippen LogP contribution in [0.2, 0.25) is 0 Å². The molecule has 0 spiro atoms. The summed E-state index contributed by atoms with van der Waals surface area (Å²) in [6.07, 6.45) is 5.29. The van der Waals surface area contributed by atoms with Gasteiger partial charge in [0.05, 0.1) is 39.8 Å². The number of hydrogen-bond acceptors (Lipinski definition) is 8. The first kappa shape index (κ1) is 24.2. The molecule has 0 aliphatic rings. The first-order valence-electron chi connectivity index (χ1n) is 10.7. The smallest absolute Gasteiger partial charge is 0.283 e. The summed E-state index contributed by atoms with van der Waals surface area (Å²) in [7, 11) is 6.25. The highest BCUT2D eigenvalue weighted by atomic mass is 32.1. The number of methoxy groups -OCH3 is 4. The lowest BCUT2D eigenvalue weighted by Gasteiger charge is -2.13. The second-order valence-electron chi connectivity index (χ2n) is 7.53. The van der Waals surface area contributed by atoms with Gasteiger partial charge >= 0.3 is 0 Å². The Hall–Kier alpha value is -3.89. The largest absolute Gasteiger partial charge is 0.493 e. The Bertz CT molecular complexity index is 1380. The number of carbonyl (C=O) groups excluding carboxylic acids is 1. The Morgan fingerprint density at radius 1 is 1.11 bits per heavy atom. The van der Waals surface area contributed by atoms with E-state index in [0.717, 1.165) is 27.2 Å². The van der Waals surface area contributed by atoms with E-state index in [1.165, 1.54) is 31.8 Å². The molecule has 0 aliphatic heterocycles. The molecule has 4 rings (SSSR count). The van der Waals surface area contributed by atoms with Gasteiger partial charge in [0.15, 0.2) is 11.5 Å². The van der Waals surface area contributed by atoms with E-state index in [9.17, 15) is 4.79 Å². The first-order chi connectivity index (χ1) is 17.0. The topological polar surface area (TPSA) is 96.2 Å². The average molecular weight is 495 g/mol. The van der Waals surface area contributed by atoms with Crippen LogP contribution in [0.25, 0.3) is 15.9 Å². The molecular formula is C25H26N4O5S. The molecule has 3 heterocycles. The van der Waals surface area contributed by atoms with Crippen molar-refractivity contribution < 1.29 is 23.7 Å². The highest BCUT2D eigenvalue weighted by Gasteiger charge is 2.23. The van der Waals surface area contributed by atoms with Gasteiger partial charge in [-0.2, -0.15) is 5.10 Å². The van der Waals surface area contributed by atoms with Gasteiger partial charge in [-0.1, -0.05) is 0 Å². The number of ether oxygens (including phenoxy) is 4. The van der Waals surface area contributed by atoms with Crippen LogP contribution in [0, 0.1) is 6.92 Å². The van der Waals surface area contributed by atoms with Gasteiger partial charge in [0.25, 0.3) is 5.91 Å². The van der Waals surface area contributed by atoms with Crippen LogP contribution in [0.15, 0.2) is 47.8 Å². The molecule has 0 atom stereocenters. The van der Waals surface area contributed by atoms with Crippen molar-refractivity contribution >= 4 is 33.7 Å². The normalized spacial score (nSPS) is 11.2. The number of pyridine rings is 1. The zero-order valence-electron chi connectivity index (χ0n) is 20.1. The number of carbonyl (C=O) groups is 1. The molecule has 1 amide bonds. The Morgan fingerprint density at radius 2 is 1.86 bits per heavy atom. The lowest BCUT2D eigenvalue weighted by Crippen LogP contribution is -2.18. The van der Waals surface area contributed by atoms with Crippen molar-refractivity contribution in [3.63, 3.8) is 0 Å². The number of benzene rings is 1. The molecule has 1 N–H and O–H groups in total. The van der Waals surface area contributed by atoms with E-state index < -0.39 is 0 Å². The van der Waals surface area contributed by atoms with Crippen LogP contribution in [0.4, 0.5) is 0 Å². The van der Waals surface area contributed by atoms with Crippen LogP contribution in [-0.4, -0.2) is 50.1 Å². The minimum Gasteiger partial charge on any atom is -0.493 e. The van der Waals surface area contributed by atoms with E-state index in [1.54, 1.807) is 26.4 Å². The standard InChI is InChI=1S/C25H26N4O5S/c1-15-12-17(14-31-2)19-20(29-10-6-7-11-29)23(35-25(19)27-15)24(30)28-26-13-16-8-9-18(32-3)22(34-5)21(16)33-4/h6-13H,14H2,1-5H3,(H,28,30). The number of hydrazone groups is 1. The van der Waals surface area contributed by atoms with E-state index in [-0.39, 0.29) is 5.91 Å². The number of aromatic nitrogens is 2. The SMILES string of the molecule is COCc1cc(C)nc2sc(C(=O)NN=Cc3ccc(OC)c(OC)c3OC)c(-n3cccc3)c12. The maximum Gasteiger partial charge on any atom is 0.283 e. The summed E-state index contributed by atoms with van der Waals surface area (Å²) in [4.78, 5) is 19.2. The van der Waals surface area contributed by atoms with E-state index in [1.807, 2.05) is 42.1 Å². The molecule has 35 heavy (non-hydrogen) atoms. The number of hydrogen-bond donors (Lipinski definition) is 1. The highest BCUT2D eigenvalue weighted by molar-refractivity contribution is 7.21. The minimum absolute atomic E-state index is 0.353. The number of rotatable bonds is 9. The fraction of sp³-hybridized carbons (Fsp3) is 0.240. The minimum atomic E-state index is -0.353. The van der Waals surface area contributed by atoms with Gasteiger partial charge < -0.3 is 23.5 Å². The quantitative estimate of drug-likeness (QED) is 0.275. The summed E-state index contributed by atoms with van der Waals surface area (Å²) in [5.41, 5.74) is 5.82.